The van der Waals surface area contributed by atoms with Gasteiger partial charge in [0.2, 0.25) is 6.79 Å². The number of carbonyl (C=O) groups excluding carboxylic acids is 1. The second kappa shape index (κ2) is 8.94. The zero-order valence-electron chi connectivity index (χ0n) is 20.1. The third-order valence-electron chi connectivity index (χ3n) is 6.48. The van der Waals surface area contributed by atoms with Crippen LogP contribution in [0, 0.1) is 0 Å². The number of aromatic nitrogens is 1. The first-order valence-corrected chi connectivity index (χ1v) is 12.6. The van der Waals surface area contributed by atoms with Crippen molar-refractivity contribution in [3.05, 3.63) is 91.0 Å². The summed E-state index contributed by atoms with van der Waals surface area (Å²) in [5.74, 6) is 0.734. The predicted octanol–water partition coefficient (Wildman–Crippen LogP) is 3.49. The summed E-state index contributed by atoms with van der Waals surface area (Å²) in [6.45, 7) is 3.77. The number of ether oxygens (including phenoxy) is 3. The summed E-state index contributed by atoms with van der Waals surface area (Å²) < 4.78 is 18.1. The van der Waals surface area contributed by atoms with Crippen LogP contribution in [0.15, 0.2) is 70.0 Å². The minimum absolute atomic E-state index is 0.0733. The lowest BCUT2D eigenvalue weighted by molar-refractivity contribution is -0.138. The van der Waals surface area contributed by atoms with E-state index in [0.717, 1.165) is 16.3 Å². The lowest BCUT2D eigenvalue weighted by Gasteiger charge is -2.22. The molecule has 6 rings (SSSR count). The van der Waals surface area contributed by atoms with E-state index in [9.17, 15) is 14.7 Å². The summed E-state index contributed by atoms with van der Waals surface area (Å²) in [6, 6.07) is 15.8. The Morgan fingerprint density at radius 3 is 2.84 bits per heavy atom. The monoisotopic (exact) mass is 514 g/mol. The van der Waals surface area contributed by atoms with Crippen molar-refractivity contribution in [1.29, 1.82) is 0 Å². The van der Waals surface area contributed by atoms with Crippen molar-refractivity contribution in [1.82, 2.24) is 4.57 Å². The smallest absolute Gasteiger partial charge is 0.338 e. The van der Waals surface area contributed by atoms with Crippen LogP contribution in [-0.4, -0.2) is 29.0 Å². The van der Waals surface area contributed by atoms with Crippen molar-refractivity contribution in [2.45, 2.75) is 19.9 Å². The molecule has 0 saturated heterocycles. The molecular formula is C28H22N2O6S. The average Bonchev–Trinajstić information content (AvgIpc) is 3.49. The summed E-state index contributed by atoms with van der Waals surface area (Å²) in [5, 5.41) is 12.4. The third-order valence-corrected chi connectivity index (χ3v) is 7.46. The molecule has 0 unspecified atom stereocenters. The van der Waals surface area contributed by atoms with Crippen molar-refractivity contribution in [2.24, 2.45) is 4.99 Å². The Balaban J connectivity index is 1.58. The van der Waals surface area contributed by atoms with E-state index in [2.05, 4.69) is 0 Å². The maximum absolute atomic E-state index is 13.6. The number of phenolic OH excluding ortho intramolecular Hbond substituents is 1. The van der Waals surface area contributed by atoms with E-state index in [4.69, 9.17) is 19.2 Å². The van der Waals surface area contributed by atoms with Gasteiger partial charge in [-0.05, 0) is 54.5 Å². The standard InChI is InChI=1S/C28H22N2O6S/c1-3-34-27(33)24-15(2)30-26(32)23(13-19-18-7-5-4-6-16(18)8-10-20(19)31)37-28(30)29-25(24)17-9-11-21-22(12-17)36-14-35-21/h4-13,25,31H,3,14H2,1-2H3/b23-13-/t25-/m0/s1. The van der Waals surface area contributed by atoms with Gasteiger partial charge in [-0.1, -0.05) is 47.7 Å². The average molecular weight is 515 g/mol. The van der Waals surface area contributed by atoms with Crippen molar-refractivity contribution >= 4 is 39.9 Å². The highest BCUT2D eigenvalue weighted by atomic mass is 32.1. The van der Waals surface area contributed by atoms with E-state index < -0.39 is 12.0 Å². The molecule has 1 aromatic heterocycles. The summed E-state index contributed by atoms with van der Waals surface area (Å²) in [5.41, 5.74) is 1.69. The fourth-order valence-corrected chi connectivity index (χ4v) is 5.73. The van der Waals surface area contributed by atoms with Gasteiger partial charge >= 0.3 is 5.97 Å². The van der Waals surface area contributed by atoms with E-state index in [1.807, 2.05) is 36.4 Å². The van der Waals surface area contributed by atoms with Crippen LogP contribution >= 0.6 is 11.3 Å². The lowest BCUT2D eigenvalue weighted by atomic mass is 9.96. The molecule has 8 nitrogen and oxygen atoms in total. The number of hydrogen-bond acceptors (Lipinski definition) is 8. The molecule has 0 radical (unpaired) electrons. The number of carbonyl (C=O) groups is 1. The van der Waals surface area contributed by atoms with Gasteiger partial charge in [0.1, 0.15) is 11.8 Å². The molecule has 0 spiro atoms. The lowest BCUT2D eigenvalue weighted by Crippen LogP contribution is -2.35. The van der Waals surface area contributed by atoms with Crippen molar-refractivity contribution < 1.29 is 24.1 Å². The highest BCUT2D eigenvalue weighted by molar-refractivity contribution is 7.07. The number of rotatable bonds is 4. The Hall–Kier alpha value is -4.37. The Morgan fingerprint density at radius 2 is 2.00 bits per heavy atom. The largest absolute Gasteiger partial charge is 0.507 e. The zero-order chi connectivity index (χ0) is 25.7. The summed E-state index contributed by atoms with van der Waals surface area (Å²) in [6.07, 6.45) is 1.68. The molecule has 9 heteroatoms. The number of aromatic hydroxyl groups is 1. The molecule has 186 valence electrons. The maximum Gasteiger partial charge on any atom is 0.338 e. The molecule has 4 aromatic rings. The van der Waals surface area contributed by atoms with Gasteiger partial charge in [-0.3, -0.25) is 9.36 Å². The number of nitrogens with zero attached hydrogens (tertiary/aromatic N) is 2. The molecule has 3 aromatic carbocycles. The molecule has 3 heterocycles. The second-order valence-electron chi connectivity index (χ2n) is 8.62. The van der Waals surface area contributed by atoms with E-state index in [1.165, 1.54) is 15.9 Å². The summed E-state index contributed by atoms with van der Waals surface area (Å²) in [7, 11) is 0. The third kappa shape index (κ3) is 3.79. The van der Waals surface area contributed by atoms with Crippen LogP contribution in [0.2, 0.25) is 0 Å². The van der Waals surface area contributed by atoms with Crippen LogP contribution < -0.4 is 24.4 Å². The molecule has 0 bridgehead atoms. The Kier molecular flexibility index (Phi) is 5.57. The topological polar surface area (TPSA) is 99.4 Å². The minimum Gasteiger partial charge on any atom is -0.507 e. The molecule has 0 aliphatic carbocycles. The van der Waals surface area contributed by atoms with Crippen LogP contribution in [-0.2, 0) is 9.53 Å². The first kappa shape index (κ1) is 23.1. The molecule has 2 aliphatic rings. The number of allylic oxidation sites excluding steroid dienone is 1. The van der Waals surface area contributed by atoms with Gasteiger partial charge < -0.3 is 19.3 Å². The fourth-order valence-electron chi connectivity index (χ4n) is 4.71. The van der Waals surface area contributed by atoms with Crippen LogP contribution in [0.4, 0.5) is 0 Å². The SMILES string of the molecule is CCOC(=O)C1=C(C)n2c(s/c(=C\c3c(O)ccc4ccccc34)c2=O)=N[C@H]1c1ccc2c(c1)OCO2. The number of phenols is 1. The van der Waals surface area contributed by atoms with E-state index in [1.54, 1.807) is 38.1 Å². The molecule has 0 fully saturated rings. The quantitative estimate of drug-likeness (QED) is 0.419. The number of esters is 1. The van der Waals surface area contributed by atoms with Gasteiger partial charge in [-0.15, -0.1) is 0 Å². The van der Waals surface area contributed by atoms with E-state index >= 15 is 0 Å². The van der Waals surface area contributed by atoms with E-state index in [-0.39, 0.29) is 30.3 Å². The highest BCUT2D eigenvalue weighted by Gasteiger charge is 2.32. The van der Waals surface area contributed by atoms with Gasteiger partial charge in [-0.25, -0.2) is 9.79 Å². The molecule has 37 heavy (non-hydrogen) atoms. The van der Waals surface area contributed by atoms with Crippen LogP contribution in [0.25, 0.3) is 22.5 Å². The molecular weight excluding hydrogens is 492 g/mol. The van der Waals surface area contributed by atoms with Crippen LogP contribution in [0.5, 0.6) is 17.2 Å². The Morgan fingerprint density at radius 1 is 1.19 bits per heavy atom. The Labute approximate surface area is 215 Å². The van der Waals surface area contributed by atoms with Crippen molar-refractivity contribution in [2.75, 3.05) is 13.4 Å². The number of benzene rings is 3. The number of thiazole rings is 1. The van der Waals surface area contributed by atoms with Crippen molar-refractivity contribution in [3.63, 3.8) is 0 Å². The van der Waals surface area contributed by atoms with Gasteiger partial charge in [-0.2, -0.15) is 0 Å². The molecule has 0 amide bonds. The Bertz CT molecular complexity index is 1800. The van der Waals surface area contributed by atoms with Crippen LogP contribution in [0.1, 0.15) is 31.0 Å². The normalized spacial score (nSPS) is 16.6. The zero-order valence-corrected chi connectivity index (χ0v) is 20.9. The predicted molar refractivity (Wildman–Crippen MR) is 139 cm³/mol. The van der Waals surface area contributed by atoms with Crippen LogP contribution in [0.3, 0.4) is 0 Å². The highest BCUT2D eigenvalue weighted by Crippen LogP contribution is 2.39. The molecule has 1 atom stereocenters. The van der Waals surface area contributed by atoms with Gasteiger partial charge in [0.25, 0.3) is 5.56 Å². The summed E-state index contributed by atoms with van der Waals surface area (Å²) >= 11 is 1.20. The van der Waals surface area contributed by atoms with Crippen molar-refractivity contribution in [3.8, 4) is 17.2 Å². The van der Waals surface area contributed by atoms with Gasteiger partial charge in [0, 0.05) is 11.3 Å². The maximum atomic E-state index is 13.6. The molecule has 0 saturated carbocycles. The summed E-state index contributed by atoms with van der Waals surface area (Å²) in [4.78, 5) is 31.9. The van der Waals surface area contributed by atoms with Gasteiger partial charge in [0.15, 0.2) is 16.3 Å². The molecule has 1 N–H and O–H groups in total. The fraction of sp³-hybridized carbons (Fsp3) is 0.179. The van der Waals surface area contributed by atoms with Gasteiger partial charge in [0.05, 0.1) is 16.7 Å². The minimum atomic E-state index is -0.689. The second-order valence-corrected chi connectivity index (χ2v) is 9.63. The van der Waals surface area contributed by atoms with E-state index in [0.29, 0.717) is 32.1 Å². The first-order chi connectivity index (χ1) is 18.0. The number of fused-ring (bicyclic) bond motifs is 3. The molecule has 2 aliphatic heterocycles. The number of hydrogen-bond donors (Lipinski definition) is 1. The first-order valence-electron chi connectivity index (χ1n) is 11.8.